The Kier molecular flexibility index (Phi) is 4.05. The predicted molar refractivity (Wildman–Crippen MR) is 75.4 cm³/mol. The number of benzene rings is 1. The summed E-state index contributed by atoms with van der Waals surface area (Å²) in [7, 11) is 0. The highest BCUT2D eigenvalue weighted by atomic mass is 35.5. The first-order chi connectivity index (χ1) is 8.16. The van der Waals surface area contributed by atoms with Crippen molar-refractivity contribution in [3.8, 4) is 0 Å². The van der Waals surface area contributed by atoms with Crippen molar-refractivity contribution in [2.24, 2.45) is 0 Å². The normalized spacial score (nSPS) is 12.6. The molecule has 0 amide bonds. The Morgan fingerprint density at radius 3 is 2.71 bits per heavy atom. The number of hydrogen-bond acceptors (Lipinski definition) is 3. The van der Waals surface area contributed by atoms with Crippen LogP contribution in [0.2, 0.25) is 4.34 Å². The summed E-state index contributed by atoms with van der Waals surface area (Å²) < 4.78 is 0.827. The maximum Gasteiger partial charge on any atom is 0.0931 e. The molecule has 0 fully saturated rings. The lowest BCUT2D eigenvalue weighted by molar-refractivity contribution is 0.584. The highest BCUT2D eigenvalue weighted by Crippen LogP contribution is 2.26. The van der Waals surface area contributed by atoms with Crippen molar-refractivity contribution in [3.63, 3.8) is 0 Å². The number of nitrogens with one attached hydrogen (secondary N) is 1. The third-order valence-electron chi connectivity index (χ3n) is 2.67. The van der Waals surface area contributed by atoms with Crippen LogP contribution in [0.3, 0.4) is 0 Å². The average Bonchev–Trinajstić information content (AvgIpc) is 2.74. The Morgan fingerprint density at radius 1 is 1.29 bits per heavy atom. The molecule has 1 heterocycles. The molecule has 0 saturated carbocycles. The number of rotatable bonds is 4. The molecule has 2 rings (SSSR count). The molecule has 1 aromatic carbocycles. The van der Waals surface area contributed by atoms with Gasteiger partial charge in [-0.3, -0.25) is 0 Å². The van der Waals surface area contributed by atoms with Gasteiger partial charge in [0.05, 0.1) is 4.34 Å². The van der Waals surface area contributed by atoms with Crippen LogP contribution in [0.4, 0.5) is 5.69 Å². The first kappa shape index (κ1) is 12.4. The standard InChI is InChI=1S/C13H15ClN2S/c1-9(12-6-7-13(14)17-12)16-8-10-4-2-3-5-11(10)15/h2-7,9,16H,8,15H2,1H3. The molecule has 0 radical (unpaired) electrons. The van der Waals surface area contributed by atoms with E-state index in [1.54, 1.807) is 11.3 Å². The lowest BCUT2D eigenvalue weighted by Crippen LogP contribution is -2.17. The van der Waals surface area contributed by atoms with E-state index in [4.69, 9.17) is 17.3 Å². The second-order valence-corrected chi connectivity index (χ2v) is 5.69. The summed E-state index contributed by atoms with van der Waals surface area (Å²) in [6.07, 6.45) is 0. The van der Waals surface area contributed by atoms with Crippen LogP contribution < -0.4 is 11.1 Å². The van der Waals surface area contributed by atoms with E-state index in [0.29, 0.717) is 0 Å². The summed E-state index contributed by atoms with van der Waals surface area (Å²) in [6.45, 7) is 2.89. The van der Waals surface area contributed by atoms with Gasteiger partial charge in [-0.1, -0.05) is 29.8 Å². The SMILES string of the molecule is CC(NCc1ccccc1N)c1ccc(Cl)s1. The Morgan fingerprint density at radius 2 is 2.06 bits per heavy atom. The number of para-hydroxylation sites is 1. The third-order valence-corrected chi connectivity index (χ3v) is 4.09. The molecular formula is C13H15ClN2S. The van der Waals surface area contributed by atoms with Gasteiger partial charge in [0.1, 0.15) is 0 Å². The molecule has 1 unspecified atom stereocenters. The van der Waals surface area contributed by atoms with Crippen LogP contribution in [-0.4, -0.2) is 0 Å². The molecule has 3 N–H and O–H groups in total. The first-order valence-corrected chi connectivity index (χ1v) is 6.68. The molecule has 0 saturated heterocycles. The maximum atomic E-state index is 5.92. The van der Waals surface area contributed by atoms with Gasteiger partial charge < -0.3 is 11.1 Å². The van der Waals surface area contributed by atoms with Crippen molar-refractivity contribution >= 4 is 28.6 Å². The summed E-state index contributed by atoms with van der Waals surface area (Å²) in [5.41, 5.74) is 7.85. The van der Waals surface area contributed by atoms with Crippen LogP contribution >= 0.6 is 22.9 Å². The molecule has 1 atom stereocenters. The van der Waals surface area contributed by atoms with E-state index in [-0.39, 0.29) is 6.04 Å². The fraction of sp³-hybridized carbons (Fsp3) is 0.231. The fourth-order valence-electron chi connectivity index (χ4n) is 1.62. The third kappa shape index (κ3) is 3.22. The topological polar surface area (TPSA) is 38.0 Å². The second-order valence-electron chi connectivity index (χ2n) is 3.94. The monoisotopic (exact) mass is 266 g/mol. The van der Waals surface area contributed by atoms with Crippen molar-refractivity contribution in [1.82, 2.24) is 5.32 Å². The lowest BCUT2D eigenvalue weighted by atomic mass is 10.1. The van der Waals surface area contributed by atoms with Crippen LogP contribution in [0.5, 0.6) is 0 Å². The molecule has 1 aromatic heterocycles. The number of nitrogens with two attached hydrogens (primary N) is 1. The van der Waals surface area contributed by atoms with E-state index in [9.17, 15) is 0 Å². The zero-order chi connectivity index (χ0) is 12.3. The summed E-state index contributed by atoms with van der Waals surface area (Å²) >= 11 is 7.52. The number of anilines is 1. The van der Waals surface area contributed by atoms with Crippen LogP contribution in [0.15, 0.2) is 36.4 Å². The summed E-state index contributed by atoms with van der Waals surface area (Å²) in [4.78, 5) is 1.24. The minimum atomic E-state index is 0.284. The minimum absolute atomic E-state index is 0.284. The second kappa shape index (κ2) is 5.54. The molecule has 4 heteroatoms. The van der Waals surface area contributed by atoms with Gasteiger partial charge in [0, 0.05) is 23.2 Å². The molecule has 90 valence electrons. The van der Waals surface area contributed by atoms with Gasteiger partial charge in [0.2, 0.25) is 0 Å². The van der Waals surface area contributed by atoms with Crippen LogP contribution in [0, 0.1) is 0 Å². The molecule has 17 heavy (non-hydrogen) atoms. The molecule has 0 spiro atoms. The predicted octanol–water partition coefficient (Wildman–Crippen LogP) is 3.83. The van der Waals surface area contributed by atoms with Crippen molar-refractivity contribution in [2.75, 3.05) is 5.73 Å². The maximum absolute atomic E-state index is 5.92. The van der Waals surface area contributed by atoms with E-state index < -0.39 is 0 Å². The van der Waals surface area contributed by atoms with E-state index in [1.165, 1.54) is 4.88 Å². The van der Waals surface area contributed by atoms with Gasteiger partial charge in [-0.2, -0.15) is 0 Å². The summed E-state index contributed by atoms with van der Waals surface area (Å²) in [5.74, 6) is 0. The zero-order valence-electron chi connectivity index (χ0n) is 9.61. The van der Waals surface area contributed by atoms with Gasteiger partial charge in [0.15, 0.2) is 0 Å². The van der Waals surface area contributed by atoms with Gasteiger partial charge in [-0.25, -0.2) is 0 Å². The Bertz CT molecular complexity index is 496. The van der Waals surface area contributed by atoms with Crippen molar-refractivity contribution < 1.29 is 0 Å². The van der Waals surface area contributed by atoms with Crippen LogP contribution in [0.1, 0.15) is 23.4 Å². The molecule has 0 aliphatic carbocycles. The van der Waals surface area contributed by atoms with Crippen LogP contribution in [0.25, 0.3) is 0 Å². The molecule has 0 bridgehead atoms. The number of hydrogen-bond donors (Lipinski definition) is 2. The smallest absolute Gasteiger partial charge is 0.0931 e. The molecule has 2 aromatic rings. The lowest BCUT2D eigenvalue weighted by Gasteiger charge is -2.13. The zero-order valence-corrected chi connectivity index (χ0v) is 11.2. The summed E-state index contributed by atoms with van der Waals surface area (Å²) in [5, 5.41) is 3.44. The Hall–Kier alpha value is -1.03. The Labute approximate surface area is 110 Å². The van der Waals surface area contributed by atoms with E-state index in [1.807, 2.05) is 30.3 Å². The quantitative estimate of drug-likeness (QED) is 0.826. The molecular weight excluding hydrogens is 252 g/mol. The average molecular weight is 267 g/mol. The van der Waals surface area contributed by atoms with E-state index >= 15 is 0 Å². The van der Waals surface area contributed by atoms with Crippen molar-refractivity contribution in [2.45, 2.75) is 19.5 Å². The first-order valence-electron chi connectivity index (χ1n) is 5.49. The molecule has 0 aliphatic heterocycles. The van der Waals surface area contributed by atoms with Gasteiger partial charge in [-0.15, -0.1) is 11.3 Å². The largest absolute Gasteiger partial charge is 0.398 e. The van der Waals surface area contributed by atoms with Gasteiger partial charge >= 0.3 is 0 Å². The minimum Gasteiger partial charge on any atom is -0.398 e. The van der Waals surface area contributed by atoms with Gasteiger partial charge in [-0.05, 0) is 30.7 Å². The number of nitrogen functional groups attached to an aromatic ring is 1. The molecule has 2 nitrogen and oxygen atoms in total. The number of halogens is 1. The fourth-order valence-corrected chi connectivity index (χ4v) is 2.71. The van der Waals surface area contributed by atoms with Crippen molar-refractivity contribution in [3.05, 3.63) is 51.2 Å². The van der Waals surface area contributed by atoms with E-state index in [2.05, 4.69) is 18.3 Å². The van der Waals surface area contributed by atoms with Crippen molar-refractivity contribution in [1.29, 1.82) is 0 Å². The molecule has 0 aliphatic rings. The highest BCUT2D eigenvalue weighted by Gasteiger charge is 2.08. The highest BCUT2D eigenvalue weighted by molar-refractivity contribution is 7.16. The van der Waals surface area contributed by atoms with Gasteiger partial charge in [0.25, 0.3) is 0 Å². The van der Waals surface area contributed by atoms with E-state index in [0.717, 1.165) is 22.1 Å². The number of thiophene rings is 1. The van der Waals surface area contributed by atoms with Crippen LogP contribution in [-0.2, 0) is 6.54 Å². The Balaban J connectivity index is 1.97. The summed E-state index contributed by atoms with van der Waals surface area (Å²) in [6, 6.07) is 12.2.